The van der Waals surface area contributed by atoms with Gasteiger partial charge in [0.1, 0.15) is 5.76 Å². The van der Waals surface area contributed by atoms with Crippen LogP contribution in [0.2, 0.25) is 0 Å². The van der Waals surface area contributed by atoms with E-state index in [1.165, 1.54) is 5.56 Å². The van der Waals surface area contributed by atoms with Crippen LogP contribution in [0.3, 0.4) is 0 Å². The Balaban J connectivity index is 1.46. The van der Waals surface area contributed by atoms with Crippen LogP contribution in [0.1, 0.15) is 35.4 Å². The van der Waals surface area contributed by atoms with Crippen molar-refractivity contribution in [1.29, 1.82) is 5.26 Å². The third kappa shape index (κ3) is 3.92. The van der Waals surface area contributed by atoms with Gasteiger partial charge in [0.2, 0.25) is 5.88 Å². The van der Waals surface area contributed by atoms with Crippen LogP contribution in [0, 0.1) is 31.1 Å². The van der Waals surface area contributed by atoms with E-state index in [2.05, 4.69) is 21.1 Å². The zero-order valence-electron chi connectivity index (χ0n) is 14.2. The van der Waals surface area contributed by atoms with Gasteiger partial charge >= 0.3 is 0 Å². The molecular formula is C18H22N4O2. The predicted molar refractivity (Wildman–Crippen MR) is 88.4 cm³/mol. The summed E-state index contributed by atoms with van der Waals surface area (Å²) in [4.78, 5) is 6.60. The van der Waals surface area contributed by atoms with E-state index in [4.69, 9.17) is 14.5 Å². The molecule has 0 bridgehead atoms. The van der Waals surface area contributed by atoms with Gasteiger partial charge in [-0.3, -0.25) is 4.90 Å². The molecule has 6 nitrogen and oxygen atoms in total. The number of nitrogens with zero attached hydrogens (tertiary/aromatic N) is 4. The van der Waals surface area contributed by atoms with Crippen LogP contribution >= 0.6 is 0 Å². The van der Waals surface area contributed by atoms with Crippen molar-refractivity contribution in [2.75, 3.05) is 19.7 Å². The topological polar surface area (TPSA) is 75.2 Å². The van der Waals surface area contributed by atoms with Crippen molar-refractivity contribution < 1.29 is 9.26 Å². The van der Waals surface area contributed by atoms with Crippen molar-refractivity contribution >= 4 is 0 Å². The molecule has 2 aromatic rings. The molecule has 0 aromatic carbocycles. The van der Waals surface area contributed by atoms with Crippen molar-refractivity contribution in [3.8, 4) is 11.9 Å². The maximum absolute atomic E-state index is 8.90. The Morgan fingerprint density at radius 2 is 2.17 bits per heavy atom. The van der Waals surface area contributed by atoms with Crippen molar-refractivity contribution in [3.05, 3.63) is 40.9 Å². The molecule has 126 valence electrons. The molecule has 3 rings (SSSR count). The van der Waals surface area contributed by atoms with E-state index in [1.54, 1.807) is 18.3 Å². The summed E-state index contributed by atoms with van der Waals surface area (Å²) < 4.78 is 11.0. The molecular weight excluding hydrogens is 304 g/mol. The first-order valence-electron chi connectivity index (χ1n) is 8.28. The number of nitriles is 1. The zero-order valence-corrected chi connectivity index (χ0v) is 14.2. The number of aryl methyl sites for hydroxylation is 2. The van der Waals surface area contributed by atoms with E-state index in [-0.39, 0.29) is 0 Å². The Bertz CT molecular complexity index is 707. The SMILES string of the molecule is Cc1noc(C)c1CN1CCC(COc2cc(C#N)ccn2)CC1. The van der Waals surface area contributed by atoms with Crippen LogP contribution < -0.4 is 4.74 Å². The average molecular weight is 326 g/mol. The van der Waals surface area contributed by atoms with Crippen LogP contribution in [0.5, 0.6) is 5.88 Å². The maximum Gasteiger partial charge on any atom is 0.214 e. The largest absolute Gasteiger partial charge is 0.477 e. The van der Waals surface area contributed by atoms with Gasteiger partial charge in [0.05, 0.1) is 23.9 Å². The number of rotatable bonds is 5. The van der Waals surface area contributed by atoms with Gasteiger partial charge in [0.25, 0.3) is 0 Å². The fourth-order valence-electron chi connectivity index (χ4n) is 3.02. The first kappa shape index (κ1) is 16.5. The predicted octanol–water partition coefficient (Wildman–Crippen LogP) is 2.85. The first-order valence-corrected chi connectivity index (χ1v) is 8.28. The monoisotopic (exact) mass is 326 g/mol. The summed E-state index contributed by atoms with van der Waals surface area (Å²) >= 11 is 0. The standard InChI is InChI=1S/C18H22N4O2/c1-13-17(14(2)24-21-13)11-22-7-4-15(5-8-22)12-23-18-9-16(10-19)3-6-20-18/h3,6,9,15H,4-5,7-8,11-12H2,1-2H3. The molecule has 0 radical (unpaired) electrons. The van der Waals surface area contributed by atoms with Crippen LogP contribution in [0.4, 0.5) is 0 Å². The molecule has 1 aliphatic rings. The van der Waals surface area contributed by atoms with Crippen LogP contribution in [-0.4, -0.2) is 34.7 Å². The molecule has 0 amide bonds. The average Bonchev–Trinajstić information content (AvgIpc) is 2.93. The minimum atomic E-state index is 0.526. The van der Waals surface area contributed by atoms with Gasteiger partial charge in [-0.25, -0.2) is 4.98 Å². The molecule has 3 heterocycles. The van der Waals surface area contributed by atoms with Gasteiger partial charge in [0, 0.05) is 24.4 Å². The highest BCUT2D eigenvalue weighted by atomic mass is 16.5. The van der Waals surface area contributed by atoms with Gasteiger partial charge in [-0.2, -0.15) is 5.26 Å². The van der Waals surface area contributed by atoms with Crippen LogP contribution in [-0.2, 0) is 6.54 Å². The lowest BCUT2D eigenvalue weighted by Gasteiger charge is -2.31. The summed E-state index contributed by atoms with van der Waals surface area (Å²) in [7, 11) is 0. The fraction of sp³-hybridized carbons (Fsp3) is 0.500. The number of piperidine rings is 1. The van der Waals surface area contributed by atoms with E-state index in [1.807, 2.05) is 13.8 Å². The molecule has 0 N–H and O–H groups in total. The summed E-state index contributed by atoms with van der Waals surface area (Å²) in [6.07, 6.45) is 3.81. The third-order valence-corrected chi connectivity index (χ3v) is 4.60. The van der Waals surface area contributed by atoms with Crippen LogP contribution in [0.15, 0.2) is 22.9 Å². The second-order valence-corrected chi connectivity index (χ2v) is 6.33. The molecule has 1 saturated heterocycles. The second kappa shape index (κ2) is 7.45. The highest BCUT2D eigenvalue weighted by Gasteiger charge is 2.22. The van der Waals surface area contributed by atoms with E-state index in [0.717, 1.165) is 43.9 Å². The van der Waals surface area contributed by atoms with E-state index >= 15 is 0 Å². The number of hydrogen-bond acceptors (Lipinski definition) is 6. The molecule has 0 aliphatic carbocycles. The molecule has 24 heavy (non-hydrogen) atoms. The maximum atomic E-state index is 8.90. The lowest BCUT2D eigenvalue weighted by atomic mass is 9.97. The Labute approximate surface area is 142 Å². The summed E-state index contributed by atoms with van der Waals surface area (Å²) in [5.41, 5.74) is 2.78. The minimum absolute atomic E-state index is 0.526. The Kier molecular flexibility index (Phi) is 5.11. The second-order valence-electron chi connectivity index (χ2n) is 6.33. The van der Waals surface area contributed by atoms with E-state index < -0.39 is 0 Å². The van der Waals surface area contributed by atoms with Gasteiger partial charge in [-0.15, -0.1) is 0 Å². The zero-order chi connectivity index (χ0) is 16.9. The Morgan fingerprint density at radius 1 is 1.38 bits per heavy atom. The quantitative estimate of drug-likeness (QED) is 0.841. The summed E-state index contributed by atoms with van der Waals surface area (Å²) in [6, 6.07) is 5.47. The van der Waals surface area contributed by atoms with Gasteiger partial charge in [-0.05, 0) is 51.8 Å². The molecule has 0 spiro atoms. The van der Waals surface area contributed by atoms with Crippen molar-refractivity contribution in [3.63, 3.8) is 0 Å². The Hall–Kier alpha value is -2.39. The third-order valence-electron chi connectivity index (χ3n) is 4.60. The molecule has 1 aliphatic heterocycles. The lowest BCUT2D eigenvalue weighted by Crippen LogP contribution is -2.35. The number of hydrogen-bond donors (Lipinski definition) is 0. The number of pyridine rings is 1. The van der Waals surface area contributed by atoms with Crippen molar-refractivity contribution in [2.45, 2.75) is 33.2 Å². The normalized spacial score (nSPS) is 16.0. The molecule has 1 fully saturated rings. The first-order chi connectivity index (χ1) is 11.7. The molecule has 0 saturated carbocycles. The van der Waals surface area contributed by atoms with Crippen LogP contribution in [0.25, 0.3) is 0 Å². The van der Waals surface area contributed by atoms with E-state index in [0.29, 0.717) is 24.0 Å². The Morgan fingerprint density at radius 3 is 2.83 bits per heavy atom. The summed E-state index contributed by atoms with van der Waals surface area (Å²) in [6.45, 7) is 7.61. The van der Waals surface area contributed by atoms with Gasteiger partial charge in [0.15, 0.2) is 0 Å². The number of ether oxygens (including phenoxy) is 1. The number of aromatic nitrogens is 2. The molecule has 0 unspecified atom stereocenters. The minimum Gasteiger partial charge on any atom is -0.477 e. The molecule has 0 atom stereocenters. The molecule has 6 heteroatoms. The van der Waals surface area contributed by atoms with Gasteiger partial charge in [-0.1, -0.05) is 5.16 Å². The summed E-state index contributed by atoms with van der Waals surface area (Å²) in [5, 5.41) is 12.9. The lowest BCUT2D eigenvalue weighted by molar-refractivity contribution is 0.134. The van der Waals surface area contributed by atoms with Crippen molar-refractivity contribution in [2.24, 2.45) is 5.92 Å². The van der Waals surface area contributed by atoms with Crippen molar-refractivity contribution in [1.82, 2.24) is 15.0 Å². The van der Waals surface area contributed by atoms with E-state index in [9.17, 15) is 0 Å². The fourth-order valence-corrected chi connectivity index (χ4v) is 3.02. The van der Waals surface area contributed by atoms with Gasteiger partial charge < -0.3 is 9.26 Å². The highest BCUT2D eigenvalue weighted by Crippen LogP contribution is 2.22. The highest BCUT2D eigenvalue weighted by molar-refractivity contribution is 5.31. The molecule has 2 aromatic heterocycles. The summed E-state index contributed by atoms with van der Waals surface area (Å²) in [5.74, 6) is 1.98. The smallest absolute Gasteiger partial charge is 0.214 e. The number of likely N-dealkylation sites (tertiary alicyclic amines) is 1.